The molecule has 1 amide bonds. The van der Waals surface area contributed by atoms with Crippen molar-refractivity contribution in [3.63, 3.8) is 0 Å². The first-order valence-electron chi connectivity index (χ1n) is 7.87. The third-order valence-corrected chi connectivity index (χ3v) is 3.91. The lowest BCUT2D eigenvalue weighted by Crippen LogP contribution is -2.23. The number of carbonyl (C=O) groups is 1. The quantitative estimate of drug-likeness (QED) is 0.635. The van der Waals surface area contributed by atoms with Crippen LogP contribution in [0.15, 0.2) is 66.7 Å². The van der Waals surface area contributed by atoms with E-state index in [9.17, 15) is 9.18 Å². The number of ether oxygens (including phenoxy) is 1. The Balaban J connectivity index is 1.65. The zero-order valence-corrected chi connectivity index (χ0v) is 14.5. The average Bonchev–Trinajstić information content (AvgIpc) is 2.62. The van der Waals surface area contributed by atoms with Gasteiger partial charge in [-0.3, -0.25) is 4.79 Å². The van der Waals surface area contributed by atoms with Gasteiger partial charge in [0.2, 0.25) is 0 Å². The first-order valence-corrected chi connectivity index (χ1v) is 8.24. The van der Waals surface area contributed by atoms with Gasteiger partial charge in [0.1, 0.15) is 17.3 Å². The molecular formula is C20H16ClFN2O2. The summed E-state index contributed by atoms with van der Waals surface area (Å²) in [5.41, 5.74) is 6.87. The van der Waals surface area contributed by atoms with E-state index in [0.717, 1.165) is 11.6 Å². The molecule has 3 aromatic carbocycles. The lowest BCUT2D eigenvalue weighted by molar-refractivity contribution is 0.0951. The smallest absolute Gasteiger partial charge is 0.253 e. The van der Waals surface area contributed by atoms with E-state index in [1.165, 1.54) is 12.1 Å². The SMILES string of the molecule is Nc1cc(F)ccc1C(=O)NCc1cccc(Oc2ccc(Cl)cc2)c1. The van der Waals surface area contributed by atoms with E-state index in [4.69, 9.17) is 22.1 Å². The minimum Gasteiger partial charge on any atom is -0.457 e. The molecule has 4 nitrogen and oxygen atoms in total. The van der Waals surface area contributed by atoms with E-state index in [1.54, 1.807) is 24.3 Å². The van der Waals surface area contributed by atoms with Crippen molar-refractivity contribution in [2.75, 3.05) is 5.73 Å². The van der Waals surface area contributed by atoms with Crippen LogP contribution in [0.4, 0.5) is 10.1 Å². The van der Waals surface area contributed by atoms with Crippen LogP contribution in [-0.4, -0.2) is 5.91 Å². The number of nitrogens with two attached hydrogens (primary N) is 1. The fraction of sp³-hybridized carbons (Fsp3) is 0.0500. The number of hydrogen-bond acceptors (Lipinski definition) is 3. The molecule has 0 aliphatic heterocycles. The minimum absolute atomic E-state index is 0.0994. The number of carbonyl (C=O) groups excluding carboxylic acids is 1. The van der Waals surface area contributed by atoms with Crippen LogP contribution >= 0.6 is 11.6 Å². The Hall–Kier alpha value is -3.05. The Morgan fingerprint density at radius 3 is 2.54 bits per heavy atom. The molecule has 0 radical (unpaired) electrons. The second-order valence-electron chi connectivity index (χ2n) is 5.62. The number of nitrogens with one attached hydrogen (secondary N) is 1. The lowest BCUT2D eigenvalue weighted by atomic mass is 10.1. The summed E-state index contributed by atoms with van der Waals surface area (Å²) >= 11 is 5.86. The van der Waals surface area contributed by atoms with Crippen LogP contribution in [0, 0.1) is 5.82 Å². The number of halogens is 2. The van der Waals surface area contributed by atoms with E-state index in [0.29, 0.717) is 16.5 Å². The largest absolute Gasteiger partial charge is 0.457 e. The van der Waals surface area contributed by atoms with Crippen LogP contribution in [0.25, 0.3) is 0 Å². The first kappa shape index (κ1) is 17.8. The molecule has 3 rings (SSSR count). The summed E-state index contributed by atoms with van der Waals surface area (Å²) in [7, 11) is 0. The summed E-state index contributed by atoms with van der Waals surface area (Å²) < 4.78 is 18.8. The fourth-order valence-electron chi connectivity index (χ4n) is 2.38. The van der Waals surface area contributed by atoms with E-state index in [1.807, 2.05) is 24.3 Å². The number of rotatable bonds is 5. The van der Waals surface area contributed by atoms with Gasteiger partial charge in [0.15, 0.2) is 0 Å². The highest BCUT2D eigenvalue weighted by molar-refractivity contribution is 6.30. The molecule has 3 aromatic rings. The highest BCUT2D eigenvalue weighted by Crippen LogP contribution is 2.24. The minimum atomic E-state index is -0.480. The summed E-state index contributed by atoms with van der Waals surface area (Å²) in [6.45, 7) is 0.285. The first-order chi connectivity index (χ1) is 12.5. The maximum atomic E-state index is 13.1. The van der Waals surface area contributed by atoms with Crippen LogP contribution in [0.5, 0.6) is 11.5 Å². The molecule has 132 valence electrons. The molecule has 0 fully saturated rings. The Morgan fingerprint density at radius 1 is 1.04 bits per heavy atom. The third-order valence-electron chi connectivity index (χ3n) is 3.66. The normalized spacial score (nSPS) is 10.4. The predicted molar refractivity (Wildman–Crippen MR) is 100.0 cm³/mol. The zero-order chi connectivity index (χ0) is 18.5. The Labute approximate surface area is 155 Å². The van der Waals surface area contributed by atoms with Crippen LogP contribution in [0.3, 0.4) is 0 Å². The molecule has 0 aliphatic carbocycles. The van der Waals surface area contributed by atoms with Crippen molar-refractivity contribution in [2.45, 2.75) is 6.54 Å². The van der Waals surface area contributed by atoms with E-state index >= 15 is 0 Å². The standard InChI is InChI=1S/C20H16ClFN2O2/c21-14-4-7-16(8-5-14)26-17-3-1-2-13(10-17)12-24-20(25)18-9-6-15(22)11-19(18)23/h1-11H,12,23H2,(H,24,25). The summed E-state index contributed by atoms with van der Waals surface area (Å²) in [5.74, 6) is 0.452. The van der Waals surface area contributed by atoms with E-state index in [-0.39, 0.29) is 23.7 Å². The molecule has 6 heteroatoms. The maximum Gasteiger partial charge on any atom is 0.253 e. The van der Waals surface area contributed by atoms with Gasteiger partial charge in [-0.2, -0.15) is 0 Å². The summed E-state index contributed by atoms with van der Waals surface area (Å²) in [4.78, 5) is 12.2. The zero-order valence-electron chi connectivity index (χ0n) is 13.7. The van der Waals surface area contributed by atoms with Crippen molar-refractivity contribution in [3.05, 3.63) is 88.7 Å². The molecule has 0 unspecified atom stereocenters. The monoisotopic (exact) mass is 370 g/mol. The summed E-state index contributed by atoms with van der Waals surface area (Å²) in [6.07, 6.45) is 0. The fourth-order valence-corrected chi connectivity index (χ4v) is 2.50. The Kier molecular flexibility index (Phi) is 5.39. The van der Waals surface area contributed by atoms with Gasteiger partial charge >= 0.3 is 0 Å². The van der Waals surface area contributed by atoms with Crippen LogP contribution < -0.4 is 15.8 Å². The number of nitrogen functional groups attached to an aromatic ring is 1. The molecule has 0 spiro atoms. The van der Waals surface area contributed by atoms with Gasteiger partial charge in [-0.25, -0.2) is 4.39 Å². The Bertz CT molecular complexity index is 929. The van der Waals surface area contributed by atoms with Gasteiger partial charge in [0.25, 0.3) is 5.91 Å². The number of benzene rings is 3. The predicted octanol–water partition coefficient (Wildman–Crippen LogP) is 4.78. The van der Waals surface area contributed by atoms with E-state index < -0.39 is 5.82 Å². The topological polar surface area (TPSA) is 64.4 Å². The number of anilines is 1. The van der Waals surface area contributed by atoms with Crippen LogP contribution in [0.1, 0.15) is 15.9 Å². The van der Waals surface area contributed by atoms with Gasteiger partial charge in [-0.1, -0.05) is 23.7 Å². The molecule has 0 atom stereocenters. The van der Waals surface area contributed by atoms with Crippen molar-refractivity contribution in [3.8, 4) is 11.5 Å². The number of amides is 1. The van der Waals surface area contributed by atoms with Gasteiger partial charge in [-0.05, 0) is 60.2 Å². The second kappa shape index (κ2) is 7.89. The summed E-state index contributed by atoms with van der Waals surface area (Å²) in [5, 5.41) is 3.39. The second-order valence-corrected chi connectivity index (χ2v) is 6.05. The molecule has 0 heterocycles. The molecular weight excluding hydrogens is 355 g/mol. The van der Waals surface area contributed by atoms with Crippen molar-refractivity contribution in [1.29, 1.82) is 0 Å². The maximum absolute atomic E-state index is 13.1. The highest BCUT2D eigenvalue weighted by atomic mass is 35.5. The van der Waals surface area contributed by atoms with Crippen LogP contribution in [-0.2, 0) is 6.54 Å². The van der Waals surface area contributed by atoms with Gasteiger partial charge in [0, 0.05) is 17.3 Å². The van der Waals surface area contributed by atoms with Crippen molar-refractivity contribution < 1.29 is 13.9 Å². The van der Waals surface area contributed by atoms with Gasteiger partial charge < -0.3 is 15.8 Å². The molecule has 0 saturated carbocycles. The average molecular weight is 371 g/mol. The molecule has 0 bridgehead atoms. The number of hydrogen-bond donors (Lipinski definition) is 2. The molecule has 0 aromatic heterocycles. The Morgan fingerprint density at radius 2 is 1.81 bits per heavy atom. The van der Waals surface area contributed by atoms with Gasteiger partial charge in [-0.15, -0.1) is 0 Å². The highest BCUT2D eigenvalue weighted by Gasteiger charge is 2.10. The van der Waals surface area contributed by atoms with E-state index in [2.05, 4.69) is 5.32 Å². The van der Waals surface area contributed by atoms with Crippen LogP contribution in [0.2, 0.25) is 5.02 Å². The van der Waals surface area contributed by atoms with Gasteiger partial charge in [0.05, 0.1) is 5.56 Å². The van der Waals surface area contributed by atoms with Crippen molar-refractivity contribution in [2.24, 2.45) is 0 Å². The third kappa shape index (κ3) is 4.52. The van der Waals surface area contributed by atoms with Crippen molar-refractivity contribution in [1.82, 2.24) is 5.32 Å². The molecule has 3 N–H and O–H groups in total. The summed E-state index contributed by atoms with van der Waals surface area (Å²) in [6, 6.07) is 18.1. The molecule has 0 saturated heterocycles. The van der Waals surface area contributed by atoms with Crippen molar-refractivity contribution >= 4 is 23.2 Å². The molecule has 26 heavy (non-hydrogen) atoms. The lowest BCUT2D eigenvalue weighted by Gasteiger charge is -2.10. The molecule has 0 aliphatic rings.